The number of rotatable bonds is 4. The summed E-state index contributed by atoms with van der Waals surface area (Å²) in [5.74, 6) is 0. The highest BCUT2D eigenvalue weighted by Gasteiger charge is 2.37. The number of aryl methyl sites for hydroxylation is 1. The molecule has 0 amide bonds. The number of sulfonamides is 1. The van der Waals surface area contributed by atoms with Gasteiger partial charge in [-0.2, -0.15) is 4.31 Å². The van der Waals surface area contributed by atoms with Gasteiger partial charge in [-0.05, 0) is 58.9 Å². The maximum Gasteiger partial charge on any atom is 0.244 e. The van der Waals surface area contributed by atoms with Crippen molar-refractivity contribution in [1.82, 2.24) is 9.62 Å². The van der Waals surface area contributed by atoms with Crippen molar-refractivity contribution < 1.29 is 8.42 Å². The van der Waals surface area contributed by atoms with Gasteiger partial charge in [0.1, 0.15) is 0 Å². The van der Waals surface area contributed by atoms with Crippen LogP contribution in [-0.2, 0) is 16.6 Å². The van der Waals surface area contributed by atoms with E-state index in [2.05, 4.69) is 35.1 Å². The van der Waals surface area contributed by atoms with Gasteiger partial charge in [0.25, 0.3) is 0 Å². The molecule has 0 radical (unpaired) electrons. The fourth-order valence-corrected chi connectivity index (χ4v) is 5.37. The Morgan fingerprint density at radius 1 is 1.38 bits per heavy atom. The van der Waals surface area contributed by atoms with E-state index in [1.165, 1.54) is 0 Å². The topological polar surface area (TPSA) is 49.4 Å². The second kappa shape index (κ2) is 5.99. The molecule has 1 aromatic rings. The quantitative estimate of drug-likeness (QED) is 0.881. The predicted octanol–water partition coefficient (Wildman–Crippen LogP) is 2.90. The van der Waals surface area contributed by atoms with Crippen molar-refractivity contribution in [3.63, 3.8) is 0 Å². The largest absolute Gasteiger partial charge is 0.316 e. The molecule has 0 bridgehead atoms. The van der Waals surface area contributed by atoms with Crippen molar-refractivity contribution in [3.8, 4) is 0 Å². The highest BCUT2D eigenvalue weighted by molar-refractivity contribution is 9.10. The van der Waals surface area contributed by atoms with E-state index in [1.807, 2.05) is 20.0 Å². The molecule has 1 N–H and O–H groups in total. The van der Waals surface area contributed by atoms with E-state index in [0.29, 0.717) is 29.0 Å². The molecule has 1 aliphatic heterocycles. The molecule has 0 aromatic heterocycles. The Morgan fingerprint density at radius 3 is 2.57 bits per heavy atom. The Balaban J connectivity index is 2.45. The molecule has 118 valence electrons. The molecule has 0 unspecified atom stereocenters. The fourth-order valence-electron chi connectivity index (χ4n) is 2.71. The van der Waals surface area contributed by atoms with Crippen molar-refractivity contribution in [2.75, 3.05) is 20.1 Å². The van der Waals surface area contributed by atoms with Crippen molar-refractivity contribution in [2.45, 2.75) is 38.6 Å². The Bertz CT molecular complexity index is 641. The summed E-state index contributed by atoms with van der Waals surface area (Å²) in [5.41, 5.74) is 1.98. The molecule has 21 heavy (non-hydrogen) atoms. The monoisotopic (exact) mass is 374 g/mol. The van der Waals surface area contributed by atoms with Crippen LogP contribution in [0.4, 0.5) is 0 Å². The normalized spacial score (nSPS) is 19.1. The summed E-state index contributed by atoms with van der Waals surface area (Å²) in [5, 5.41) is 3.07. The van der Waals surface area contributed by atoms with Gasteiger partial charge in [0.15, 0.2) is 0 Å². The third kappa shape index (κ3) is 3.50. The molecule has 1 saturated heterocycles. The van der Waals surface area contributed by atoms with Gasteiger partial charge in [-0.3, -0.25) is 0 Å². The molecule has 0 saturated carbocycles. The zero-order valence-corrected chi connectivity index (χ0v) is 15.4. The summed E-state index contributed by atoms with van der Waals surface area (Å²) in [7, 11) is -1.59. The Labute approximate surface area is 136 Å². The van der Waals surface area contributed by atoms with Crippen LogP contribution in [0, 0.1) is 12.3 Å². The number of hydrogen-bond donors (Lipinski definition) is 1. The Kier molecular flexibility index (Phi) is 4.83. The van der Waals surface area contributed by atoms with Crippen LogP contribution in [0.15, 0.2) is 21.5 Å². The predicted molar refractivity (Wildman–Crippen MR) is 88.8 cm³/mol. The molecular weight excluding hydrogens is 352 g/mol. The first kappa shape index (κ1) is 16.9. The van der Waals surface area contributed by atoms with Crippen molar-refractivity contribution in [3.05, 3.63) is 27.7 Å². The van der Waals surface area contributed by atoms with Gasteiger partial charge in [-0.15, -0.1) is 0 Å². The molecule has 6 heteroatoms. The van der Waals surface area contributed by atoms with Gasteiger partial charge in [-0.25, -0.2) is 8.42 Å². The molecule has 2 rings (SSSR count). The third-order valence-corrected chi connectivity index (χ3v) is 7.11. The molecular formula is C15H23BrN2O2S. The van der Waals surface area contributed by atoms with Crippen molar-refractivity contribution in [2.24, 2.45) is 5.41 Å². The zero-order valence-electron chi connectivity index (χ0n) is 13.0. The van der Waals surface area contributed by atoms with E-state index in [0.717, 1.165) is 17.5 Å². The summed E-state index contributed by atoms with van der Waals surface area (Å²) in [4.78, 5) is 0.380. The van der Waals surface area contributed by atoms with Gasteiger partial charge in [0.05, 0.1) is 4.90 Å². The highest BCUT2D eigenvalue weighted by Crippen LogP contribution is 2.36. The number of benzene rings is 1. The third-order valence-electron chi connectivity index (χ3n) is 3.92. The average Bonchev–Trinajstić information content (AvgIpc) is 2.75. The minimum Gasteiger partial charge on any atom is -0.316 e. The zero-order chi connectivity index (χ0) is 15.8. The molecule has 0 aliphatic carbocycles. The average molecular weight is 375 g/mol. The van der Waals surface area contributed by atoms with Crippen LogP contribution in [0.25, 0.3) is 0 Å². The molecule has 1 aromatic carbocycles. The van der Waals surface area contributed by atoms with E-state index >= 15 is 0 Å². The van der Waals surface area contributed by atoms with Crippen LogP contribution in [0.1, 0.15) is 31.4 Å². The van der Waals surface area contributed by atoms with Gasteiger partial charge < -0.3 is 5.32 Å². The summed E-state index contributed by atoms with van der Waals surface area (Å²) in [6.45, 7) is 7.98. The van der Waals surface area contributed by atoms with Crippen LogP contribution in [0.3, 0.4) is 0 Å². The van der Waals surface area contributed by atoms with Crippen LogP contribution >= 0.6 is 15.9 Å². The smallest absolute Gasteiger partial charge is 0.244 e. The van der Waals surface area contributed by atoms with Crippen LogP contribution < -0.4 is 5.32 Å². The second-order valence-electron chi connectivity index (χ2n) is 6.51. The summed E-state index contributed by atoms with van der Waals surface area (Å²) in [6.07, 6.45) is 0.902. The lowest BCUT2D eigenvalue weighted by Gasteiger charge is -2.21. The lowest BCUT2D eigenvalue weighted by molar-refractivity contribution is 0.375. The fraction of sp³-hybridized carbons (Fsp3) is 0.600. The van der Waals surface area contributed by atoms with Crippen LogP contribution in [0.2, 0.25) is 0 Å². The summed E-state index contributed by atoms with van der Waals surface area (Å²) < 4.78 is 28.1. The number of hydrogen-bond acceptors (Lipinski definition) is 3. The number of nitrogens with zero attached hydrogens (tertiary/aromatic N) is 1. The lowest BCUT2D eigenvalue weighted by Crippen LogP contribution is -2.31. The molecule has 4 nitrogen and oxygen atoms in total. The summed E-state index contributed by atoms with van der Waals surface area (Å²) >= 11 is 3.45. The van der Waals surface area contributed by atoms with E-state index < -0.39 is 10.0 Å². The van der Waals surface area contributed by atoms with Crippen molar-refractivity contribution in [1.29, 1.82) is 0 Å². The Morgan fingerprint density at radius 2 is 2.05 bits per heavy atom. The molecule has 0 atom stereocenters. The van der Waals surface area contributed by atoms with Crippen LogP contribution in [0.5, 0.6) is 0 Å². The molecule has 1 heterocycles. The first-order chi connectivity index (χ1) is 9.67. The van der Waals surface area contributed by atoms with Gasteiger partial charge >= 0.3 is 0 Å². The Hall–Kier alpha value is -0.430. The van der Waals surface area contributed by atoms with E-state index in [9.17, 15) is 8.42 Å². The lowest BCUT2D eigenvalue weighted by atomic mass is 9.93. The van der Waals surface area contributed by atoms with Crippen molar-refractivity contribution >= 4 is 26.0 Å². The first-order valence-corrected chi connectivity index (χ1v) is 9.34. The van der Waals surface area contributed by atoms with E-state index in [-0.39, 0.29) is 5.41 Å². The van der Waals surface area contributed by atoms with E-state index in [1.54, 1.807) is 10.4 Å². The summed E-state index contributed by atoms with van der Waals surface area (Å²) in [6, 6.07) is 3.78. The van der Waals surface area contributed by atoms with Gasteiger partial charge in [0.2, 0.25) is 10.0 Å². The number of nitrogens with one attached hydrogen (secondary N) is 1. The maximum atomic E-state index is 12.9. The van der Waals surface area contributed by atoms with Gasteiger partial charge in [0, 0.05) is 24.1 Å². The first-order valence-electron chi connectivity index (χ1n) is 7.11. The number of halogens is 1. The standard InChI is InChI=1S/C15H23BrN2O2S/c1-11-7-12(9-17-4)8-13(14(11)16)21(19,20)18-6-5-15(2,3)10-18/h7-8,17H,5-6,9-10H2,1-4H3. The molecule has 1 fully saturated rings. The molecule has 1 aliphatic rings. The second-order valence-corrected chi connectivity index (χ2v) is 9.21. The van der Waals surface area contributed by atoms with E-state index in [4.69, 9.17) is 0 Å². The maximum absolute atomic E-state index is 12.9. The minimum absolute atomic E-state index is 0.0528. The minimum atomic E-state index is -3.45. The van der Waals surface area contributed by atoms with Crippen LogP contribution in [-0.4, -0.2) is 32.9 Å². The molecule has 0 spiro atoms. The highest BCUT2D eigenvalue weighted by atomic mass is 79.9. The SMILES string of the molecule is CNCc1cc(C)c(Br)c(S(=O)(=O)N2CCC(C)(C)C2)c1. The van der Waals surface area contributed by atoms with Gasteiger partial charge in [-0.1, -0.05) is 19.9 Å².